The molecule has 6 nitrogen and oxygen atoms in total. The Labute approximate surface area is 183 Å². The van der Waals surface area contributed by atoms with Gasteiger partial charge in [-0.1, -0.05) is 37.3 Å². The Kier molecular flexibility index (Phi) is 6.48. The molecule has 1 aliphatic heterocycles. The zero-order valence-electron chi connectivity index (χ0n) is 17.8. The van der Waals surface area contributed by atoms with Gasteiger partial charge in [-0.2, -0.15) is 4.31 Å². The summed E-state index contributed by atoms with van der Waals surface area (Å²) in [6, 6.07) is 7.34. The first-order chi connectivity index (χ1) is 14.4. The van der Waals surface area contributed by atoms with E-state index in [0.717, 1.165) is 25.7 Å². The maximum absolute atomic E-state index is 13.1. The van der Waals surface area contributed by atoms with E-state index in [1.807, 2.05) is 16.7 Å². The molecule has 1 aromatic carbocycles. The monoisotopic (exact) mass is 449 g/mol. The average Bonchev–Trinajstić information content (AvgIpc) is 3.08. The van der Waals surface area contributed by atoms with Crippen LogP contribution in [0.25, 0.3) is 0 Å². The van der Waals surface area contributed by atoms with Gasteiger partial charge < -0.3 is 0 Å². The second-order valence-corrected chi connectivity index (χ2v) is 11.4. The third kappa shape index (κ3) is 4.28. The molecule has 1 fully saturated rings. The lowest BCUT2D eigenvalue weighted by molar-refractivity contribution is 0.149. The largest absolute Gasteiger partial charge is 0.308 e. The van der Waals surface area contributed by atoms with E-state index in [0.29, 0.717) is 43.7 Å². The van der Waals surface area contributed by atoms with E-state index in [2.05, 4.69) is 18.7 Å². The molecule has 2 heterocycles. The van der Waals surface area contributed by atoms with E-state index in [-0.39, 0.29) is 4.87 Å². The lowest BCUT2D eigenvalue weighted by Gasteiger charge is -2.34. The number of benzene rings is 1. The highest BCUT2D eigenvalue weighted by Crippen LogP contribution is 2.25. The maximum Gasteiger partial charge on any atom is 0.308 e. The first kappa shape index (κ1) is 21.7. The SMILES string of the molecule is CCC(C)c1ccc(S(=O)(=O)N2CCN(Cn3c4c(sc3=O)CCCC4)CC2)cc1. The third-order valence-corrected chi connectivity index (χ3v) is 9.51. The van der Waals surface area contributed by atoms with E-state index >= 15 is 0 Å². The molecule has 1 saturated heterocycles. The predicted molar refractivity (Wildman–Crippen MR) is 121 cm³/mol. The standard InChI is InChI=1S/C22H31N3O3S2/c1-3-17(2)18-8-10-19(11-9-18)30(27,28)24-14-12-23(13-15-24)16-25-20-6-4-5-7-21(20)29-22(25)26/h8-11,17H,3-7,12-16H2,1-2H3. The van der Waals surface area contributed by atoms with Gasteiger partial charge in [0.05, 0.1) is 11.6 Å². The maximum atomic E-state index is 13.1. The molecule has 1 aromatic heterocycles. The molecular weight excluding hydrogens is 418 g/mol. The Morgan fingerprint density at radius 2 is 1.70 bits per heavy atom. The molecule has 0 radical (unpaired) electrons. The summed E-state index contributed by atoms with van der Waals surface area (Å²) in [7, 11) is -3.48. The van der Waals surface area contributed by atoms with Gasteiger partial charge in [0, 0.05) is 36.8 Å². The van der Waals surface area contributed by atoms with Crippen LogP contribution in [0.4, 0.5) is 0 Å². The summed E-state index contributed by atoms with van der Waals surface area (Å²) in [6.45, 7) is 7.05. The molecule has 0 N–H and O–H groups in total. The van der Waals surface area contributed by atoms with Crippen LogP contribution in [0.5, 0.6) is 0 Å². The van der Waals surface area contributed by atoms with Crippen molar-refractivity contribution in [2.45, 2.75) is 63.4 Å². The summed E-state index contributed by atoms with van der Waals surface area (Å²) in [5.74, 6) is 0.427. The Bertz CT molecular complexity index is 1030. The average molecular weight is 450 g/mol. The summed E-state index contributed by atoms with van der Waals surface area (Å²) in [5.41, 5.74) is 2.37. The third-order valence-electron chi connectivity index (χ3n) is 6.52. The van der Waals surface area contributed by atoms with E-state index in [4.69, 9.17) is 0 Å². The second kappa shape index (κ2) is 8.94. The van der Waals surface area contributed by atoms with Crippen LogP contribution < -0.4 is 4.87 Å². The lowest BCUT2D eigenvalue weighted by Crippen LogP contribution is -2.49. The normalized spacial score (nSPS) is 19.5. The van der Waals surface area contributed by atoms with Gasteiger partial charge in [-0.05, 0) is 55.7 Å². The van der Waals surface area contributed by atoms with Gasteiger partial charge >= 0.3 is 4.87 Å². The topological polar surface area (TPSA) is 62.6 Å². The minimum Gasteiger partial charge on any atom is -0.289 e. The van der Waals surface area contributed by atoms with Crippen molar-refractivity contribution in [1.29, 1.82) is 0 Å². The van der Waals surface area contributed by atoms with Crippen molar-refractivity contribution in [2.75, 3.05) is 26.2 Å². The number of fused-ring (bicyclic) bond motifs is 1. The fourth-order valence-corrected chi connectivity index (χ4v) is 6.82. The fraction of sp³-hybridized carbons (Fsp3) is 0.591. The van der Waals surface area contributed by atoms with Gasteiger partial charge in [0.1, 0.15) is 0 Å². The van der Waals surface area contributed by atoms with Crippen molar-refractivity contribution in [3.05, 3.63) is 50.1 Å². The number of piperazine rings is 1. The predicted octanol–water partition coefficient (Wildman–Crippen LogP) is 3.27. The van der Waals surface area contributed by atoms with Crippen LogP contribution in [0.15, 0.2) is 34.0 Å². The molecule has 8 heteroatoms. The van der Waals surface area contributed by atoms with Crippen LogP contribution in [-0.4, -0.2) is 48.4 Å². The molecule has 1 atom stereocenters. The number of hydrogen-bond acceptors (Lipinski definition) is 5. The molecule has 0 spiro atoms. The van der Waals surface area contributed by atoms with Crippen molar-refractivity contribution < 1.29 is 8.42 Å². The Morgan fingerprint density at radius 1 is 1.03 bits per heavy atom. The van der Waals surface area contributed by atoms with Crippen molar-refractivity contribution in [3.63, 3.8) is 0 Å². The van der Waals surface area contributed by atoms with E-state index < -0.39 is 10.0 Å². The van der Waals surface area contributed by atoms with Crippen LogP contribution in [0.2, 0.25) is 0 Å². The molecule has 4 rings (SSSR count). The number of nitrogens with zero attached hydrogens (tertiary/aromatic N) is 3. The van der Waals surface area contributed by atoms with Crippen LogP contribution in [-0.2, 0) is 29.5 Å². The van der Waals surface area contributed by atoms with Crippen molar-refractivity contribution >= 4 is 21.4 Å². The smallest absolute Gasteiger partial charge is 0.289 e. The van der Waals surface area contributed by atoms with Crippen molar-refractivity contribution in [1.82, 2.24) is 13.8 Å². The molecule has 0 amide bonds. The Hall–Kier alpha value is -1.48. The number of thiazole rings is 1. The first-order valence-electron chi connectivity index (χ1n) is 10.9. The molecule has 1 aliphatic carbocycles. The van der Waals surface area contributed by atoms with Gasteiger partial charge in [0.2, 0.25) is 10.0 Å². The lowest BCUT2D eigenvalue weighted by atomic mass is 9.99. The minimum absolute atomic E-state index is 0.123. The summed E-state index contributed by atoms with van der Waals surface area (Å²) in [4.78, 5) is 16.4. The fourth-order valence-electron chi connectivity index (χ4n) is 4.34. The van der Waals surface area contributed by atoms with E-state index in [9.17, 15) is 13.2 Å². The van der Waals surface area contributed by atoms with E-state index in [1.54, 1.807) is 16.4 Å². The summed E-state index contributed by atoms with van der Waals surface area (Å²) < 4.78 is 29.6. The van der Waals surface area contributed by atoms with Crippen LogP contribution >= 0.6 is 11.3 Å². The van der Waals surface area contributed by atoms with E-state index in [1.165, 1.54) is 33.9 Å². The van der Waals surface area contributed by atoms with Gasteiger partial charge in [0.25, 0.3) is 0 Å². The molecular formula is C22H31N3O3S2. The number of hydrogen-bond donors (Lipinski definition) is 0. The highest BCUT2D eigenvalue weighted by atomic mass is 32.2. The highest BCUT2D eigenvalue weighted by molar-refractivity contribution is 7.89. The zero-order valence-corrected chi connectivity index (χ0v) is 19.5. The summed E-state index contributed by atoms with van der Waals surface area (Å²) in [5, 5.41) is 0. The first-order valence-corrected chi connectivity index (χ1v) is 13.2. The number of sulfonamides is 1. The molecule has 30 heavy (non-hydrogen) atoms. The Morgan fingerprint density at radius 3 is 2.37 bits per heavy atom. The minimum atomic E-state index is -3.48. The zero-order chi connectivity index (χ0) is 21.3. The molecule has 164 valence electrons. The number of rotatable bonds is 6. The van der Waals surface area contributed by atoms with Crippen molar-refractivity contribution in [2.24, 2.45) is 0 Å². The number of aromatic nitrogens is 1. The van der Waals surface area contributed by atoms with Crippen molar-refractivity contribution in [3.8, 4) is 0 Å². The second-order valence-electron chi connectivity index (χ2n) is 8.41. The summed E-state index contributed by atoms with van der Waals surface area (Å²) >= 11 is 1.39. The molecule has 0 bridgehead atoms. The molecule has 0 saturated carbocycles. The van der Waals surface area contributed by atoms with Gasteiger partial charge in [-0.25, -0.2) is 8.42 Å². The van der Waals surface area contributed by atoms with Crippen LogP contribution in [0.3, 0.4) is 0 Å². The quantitative estimate of drug-likeness (QED) is 0.679. The van der Waals surface area contributed by atoms with Gasteiger partial charge in [0.15, 0.2) is 0 Å². The molecule has 2 aromatic rings. The molecule has 1 unspecified atom stereocenters. The highest BCUT2D eigenvalue weighted by Gasteiger charge is 2.29. The summed E-state index contributed by atoms with van der Waals surface area (Å²) in [6.07, 6.45) is 5.34. The number of aryl methyl sites for hydroxylation is 1. The van der Waals surface area contributed by atoms with Crippen LogP contribution in [0, 0.1) is 0 Å². The van der Waals surface area contributed by atoms with Gasteiger partial charge in [-0.15, -0.1) is 0 Å². The molecule has 2 aliphatic rings. The Balaban J connectivity index is 1.41. The van der Waals surface area contributed by atoms with Gasteiger partial charge in [-0.3, -0.25) is 14.3 Å². The van der Waals surface area contributed by atoms with Crippen LogP contribution in [0.1, 0.15) is 55.2 Å².